The number of hydrogen-bond donors (Lipinski definition) is 3. The third-order valence-electron chi connectivity index (χ3n) is 2.35. The molecule has 0 spiro atoms. The molecule has 0 saturated heterocycles. The minimum absolute atomic E-state index is 0. The van der Waals surface area contributed by atoms with E-state index in [1.165, 1.54) is 0 Å². The van der Waals surface area contributed by atoms with Crippen molar-refractivity contribution in [2.24, 2.45) is 5.73 Å². The van der Waals surface area contributed by atoms with Crippen molar-refractivity contribution in [1.29, 1.82) is 0 Å². The van der Waals surface area contributed by atoms with Gasteiger partial charge in [0.1, 0.15) is 0 Å². The first-order valence-electron chi connectivity index (χ1n) is 6.05. The van der Waals surface area contributed by atoms with Crippen LogP contribution in [0.4, 0.5) is 0 Å². The second-order valence-corrected chi connectivity index (χ2v) is 4.73. The lowest BCUT2D eigenvalue weighted by Crippen LogP contribution is -2.36. The lowest BCUT2D eigenvalue weighted by atomic mass is 10.2. The van der Waals surface area contributed by atoms with Crippen LogP contribution in [0.5, 0.6) is 0 Å². The van der Waals surface area contributed by atoms with Gasteiger partial charge in [0.15, 0.2) is 0 Å². The summed E-state index contributed by atoms with van der Waals surface area (Å²) in [5.74, 6) is -0.311. The van der Waals surface area contributed by atoms with Crippen LogP contribution >= 0.6 is 24.0 Å². The minimum atomic E-state index is -0.196. The first kappa shape index (κ1) is 18.7. The molecule has 1 unspecified atom stereocenters. The van der Waals surface area contributed by atoms with Gasteiger partial charge in [-0.1, -0.05) is 11.6 Å². The van der Waals surface area contributed by atoms with Crippen molar-refractivity contribution in [2.45, 2.75) is 19.4 Å². The number of benzene rings is 1. The topological polar surface area (TPSA) is 84.2 Å². The average Bonchev–Trinajstić information content (AvgIpc) is 2.34. The molecule has 5 nitrogen and oxygen atoms in total. The van der Waals surface area contributed by atoms with Crippen LogP contribution < -0.4 is 16.4 Å². The molecule has 0 heterocycles. The van der Waals surface area contributed by atoms with Gasteiger partial charge in [-0.15, -0.1) is 12.4 Å². The predicted octanol–water partition coefficient (Wildman–Crippen LogP) is 1.35. The van der Waals surface area contributed by atoms with E-state index in [9.17, 15) is 9.59 Å². The smallest absolute Gasteiger partial charge is 0.251 e. The number of rotatable bonds is 6. The largest absolute Gasteiger partial charge is 0.354 e. The third-order valence-corrected chi connectivity index (χ3v) is 2.60. The lowest BCUT2D eigenvalue weighted by molar-refractivity contribution is -0.121. The van der Waals surface area contributed by atoms with Gasteiger partial charge in [0, 0.05) is 36.1 Å². The summed E-state index contributed by atoms with van der Waals surface area (Å²) in [6, 6.07) is 6.43. The van der Waals surface area contributed by atoms with E-state index < -0.39 is 0 Å². The molecule has 1 rings (SSSR count). The first-order valence-corrected chi connectivity index (χ1v) is 6.43. The Morgan fingerprint density at radius 2 is 1.75 bits per heavy atom. The zero-order chi connectivity index (χ0) is 14.3. The number of hydrogen-bond acceptors (Lipinski definition) is 3. The maximum absolute atomic E-state index is 11.7. The van der Waals surface area contributed by atoms with Gasteiger partial charge in [0.2, 0.25) is 5.91 Å². The minimum Gasteiger partial charge on any atom is -0.354 e. The molecule has 112 valence electrons. The molecule has 1 aromatic carbocycles. The van der Waals surface area contributed by atoms with Crippen LogP contribution in [0.1, 0.15) is 23.7 Å². The zero-order valence-electron chi connectivity index (χ0n) is 11.2. The van der Waals surface area contributed by atoms with Gasteiger partial charge in [-0.25, -0.2) is 0 Å². The van der Waals surface area contributed by atoms with Gasteiger partial charge in [-0.05, 0) is 31.2 Å². The van der Waals surface area contributed by atoms with Crippen molar-refractivity contribution in [3.8, 4) is 0 Å². The molecule has 0 aromatic heterocycles. The molecule has 2 amide bonds. The van der Waals surface area contributed by atoms with Gasteiger partial charge in [0.25, 0.3) is 5.91 Å². The van der Waals surface area contributed by atoms with E-state index in [0.717, 1.165) is 0 Å². The molecule has 1 aromatic rings. The molecule has 0 aliphatic rings. The number of carbonyl (C=O) groups is 2. The van der Waals surface area contributed by atoms with Crippen LogP contribution in [-0.2, 0) is 4.79 Å². The summed E-state index contributed by atoms with van der Waals surface area (Å²) >= 11 is 5.73. The van der Waals surface area contributed by atoms with Gasteiger partial charge < -0.3 is 16.4 Å². The molecule has 0 bridgehead atoms. The number of nitrogens with two attached hydrogens (primary N) is 1. The molecule has 20 heavy (non-hydrogen) atoms. The fourth-order valence-electron chi connectivity index (χ4n) is 1.45. The van der Waals surface area contributed by atoms with Crippen LogP contribution in [0, 0.1) is 0 Å². The normalized spacial score (nSPS) is 11.2. The molecule has 1 atom stereocenters. The SMILES string of the molecule is CC(N)CC(=O)NCCNC(=O)c1ccc(Cl)cc1.Cl. The van der Waals surface area contributed by atoms with Crippen LogP contribution in [0.25, 0.3) is 0 Å². The Kier molecular flexibility index (Phi) is 8.96. The maximum atomic E-state index is 11.7. The van der Waals surface area contributed by atoms with E-state index >= 15 is 0 Å². The molecule has 0 aliphatic heterocycles. The molecular formula is C13H19Cl2N3O2. The summed E-state index contributed by atoms with van der Waals surface area (Å²) in [6.07, 6.45) is 0.283. The van der Waals surface area contributed by atoms with Crippen molar-refractivity contribution in [3.63, 3.8) is 0 Å². The predicted molar refractivity (Wildman–Crippen MR) is 82.3 cm³/mol. The molecule has 0 saturated carbocycles. The Bertz CT molecular complexity index is 436. The maximum Gasteiger partial charge on any atom is 0.251 e. The Labute approximate surface area is 129 Å². The molecule has 4 N–H and O–H groups in total. The van der Waals surface area contributed by atoms with E-state index in [0.29, 0.717) is 23.7 Å². The van der Waals surface area contributed by atoms with Gasteiger partial charge in [-0.3, -0.25) is 9.59 Å². The monoisotopic (exact) mass is 319 g/mol. The van der Waals surface area contributed by atoms with Crippen molar-refractivity contribution in [1.82, 2.24) is 10.6 Å². The lowest BCUT2D eigenvalue weighted by Gasteiger charge is -2.08. The average molecular weight is 320 g/mol. The highest BCUT2D eigenvalue weighted by atomic mass is 35.5. The van der Waals surface area contributed by atoms with E-state index in [1.54, 1.807) is 31.2 Å². The van der Waals surface area contributed by atoms with E-state index in [1.807, 2.05) is 0 Å². The zero-order valence-corrected chi connectivity index (χ0v) is 12.8. The van der Waals surface area contributed by atoms with E-state index in [2.05, 4.69) is 10.6 Å². The Morgan fingerprint density at radius 1 is 1.20 bits per heavy atom. The van der Waals surface area contributed by atoms with Crippen molar-refractivity contribution < 1.29 is 9.59 Å². The molecule has 0 fully saturated rings. The molecule has 0 aliphatic carbocycles. The number of carbonyl (C=O) groups excluding carboxylic acids is 2. The van der Waals surface area contributed by atoms with Crippen molar-refractivity contribution in [2.75, 3.05) is 13.1 Å². The van der Waals surface area contributed by atoms with E-state index in [4.69, 9.17) is 17.3 Å². The number of nitrogens with one attached hydrogen (secondary N) is 2. The van der Waals surface area contributed by atoms with Gasteiger partial charge in [-0.2, -0.15) is 0 Å². The quantitative estimate of drug-likeness (QED) is 0.692. The fourth-order valence-corrected chi connectivity index (χ4v) is 1.57. The highest BCUT2D eigenvalue weighted by Gasteiger charge is 2.06. The third kappa shape index (κ3) is 7.33. The summed E-state index contributed by atoms with van der Waals surface area (Å²) in [5.41, 5.74) is 6.03. The first-order chi connectivity index (χ1) is 8.99. The Balaban J connectivity index is 0.00000361. The second kappa shape index (κ2) is 9.58. The van der Waals surface area contributed by atoms with Crippen LogP contribution in [0.15, 0.2) is 24.3 Å². The molecule has 0 radical (unpaired) electrons. The van der Waals surface area contributed by atoms with E-state index in [-0.39, 0.29) is 36.7 Å². The highest BCUT2D eigenvalue weighted by Crippen LogP contribution is 2.08. The summed E-state index contributed by atoms with van der Waals surface area (Å²) in [4.78, 5) is 23.0. The standard InChI is InChI=1S/C13H18ClN3O2.ClH/c1-9(15)8-12(18)16-6-7-17-13(19)10-2-4-11(14)5-3-10;/h2-5,9H,6-8,15H2,1H3,(H,16,18)(H,17,19);1H. The van der Waals surface area contributed by atoms with Crippen LogP contribution in [-0.4, -0.2) is 30.9 Å². The van der Waals surface area contributed by atoms with Crippen molar-refractivity contribution in [3.05, 3.63) is 34.9 Å². The fraction of sp³-hybridized carbons (Fsp3) is 0.385. The number of halogens is 2. The highest BCUT2D eigenvalue weighted by molar-refractivity contribution is 6.30. The Hall–Kier alpha value is -1.30. The number of amides is 2. The molecule has 7 heteroatoms. The summed E-state index contributed by atoms with van der Waals surface area (Å²) in [5, 5.41) is 5.96. The summed E-state index contributed by atoms with van der Waals surface area (Å²) in [7, 11) is 0. The molecular weight excluding hydrogens is 301 g/mol. The summed E-state index contributed by atoms with van der Waals surface area (Å²) < 4.78 is 0. The van der Waals surface area contributed by atoms with Crippen LogP contribution in [0.3, 0.4) is 0 Å². The second-order valence-electron chi connectivity index (χ2n) is 4.29. The van der Waals surface area contributed by atoms with Crippen molar-refractivity contribution >= 4 is 35.8 Å². The van der Waals surface area contributed by atoms with Gasteiger partial charge in [0.05, 0.1) is 0 Å². The van der Waals surface area contributed by atoms with Crippen LogP contribution in [0.2, 0.25) is 5.02 Å². The Morgan fingerprint density at radius 3 is 2.30 bits per heavy atom. The summed E-state index contributed by atoms with van der Waals surface area (Å²) in [6.45, 7) is 2.51. The van der Waals surface area contributed by atoms with Gasteiger partial charge >= 0.3 is 0 Å².